The van der Waals surface area contributed by atoms with Crippen molar-refractivity contribution in [1.82, 2.24) is 9.97 Å². The summed E-state index contributed by atoms with van der Waals surface area (Å²) < 4.78 is 0. The van der Waals surface area contributed by atoms with Gasteiger partial charge in [-0.1, -0.05) is 0 Å². The molecule has 3 N–H and O–H groups in total. The van der Waals surface area contributed by atoms with E-state index >= 15 is 0 Å². The molecule has 1 aromatic heterocycles. The molecule has 1 aromatic rings. The Kier molecular flexibility index (Phi) is 2.25. The van der Waals surface area contributed by atoms with Crippen LogP contribution in [0.4, 0.5) is 11.5 Å². The summed E-state index contributed by atoms with van der Waals surface area (Å²) in [7, 11) is 0. The molecule has 4 heteroatoms. The molecule has 0 aliphatic carbocycles. The molecule has 0 aromatic carbocycles. The quantitative estimate of drug-likeness (QED) is 0.660. The van der Waals surface area contributed by atoms with E-state index in [1.165, 1.54) is 6.33 Å². The summed E-state index contributed by atoms with van der Waals surface area (Å²) in [4.78, 5) is 7.75. The molecule has 0 aliphatic heterocycles. The molecule has 11 heavy (non-hydrogen) atoms. The van der Waals surface area contributed by atoms with Crippen molar-refractivity contribution >= 4 is 11.5 Å². The summed E-state index contributed by atoms with van der Waals surface area (Å²) in [6.07, 6.45) is 3.05. The molecule has 0 unspecified atom stereocenters. The van der Waals surface area contributed by atoms with Crippen molar-refractivity contribution in [3.05, 3.63) is 12.5 Å². The van der Waals surface area contributed by atoms with E-state index in [4.69, 9.17) is 5.73 Å². The molecule has 1 rings (SSSR count). The van der Waals surface area contributed by atoms with Crippen LogP contribution in [0.3, 0.4) is 0 Å². The summed E-state index contributed by atoms with van der Waals surface area (Å²) in [5.41, 5.74) is 6.17. The Labute approximate surface area is 65.9 Å². The van der Waals surface area contributed by atoms with Gasteiger partial charge in [-0.25, -0.2) is 9.97 Å². The van der Waals surface area contributed by atoms with Crippen molar-refractivity contribution < 1.29 is 0 Å². The predicted molar refractivity (Wildman–Crippen MR) is 45.2 cm³/mol. The van der Waals surface area contributed by atoms with Gasteiger partial charge in [0.05, 0.1) is 11.9 Å². The summed E-state index contributed by atoms with van der Waals surface area (Å²) in [5, 5.41) is 3.10. The SMILES string of the molecule is CC(C)Nc1ncncc1N. The number of hydrogen-bond acceptors (Lipinski definition) is 4. The Bertz CT molecular complexity index is 234. The van der Waals surface area contributed by atoms with Crippen LogP contribution in [-0.4, -0.2) is 16.0 Å². The van der Waals surface area contributed by atoms with Crippen LogP contribution in [0.15, 0.2) is 12.5 Å². The smallest absolute Gasteiger partial charge is 0.152 e. The summed E-state index contributed by atoms with van der Waals surface area (Å²) in [6.45, 7) is 4.06. The Morgan fingerprint density at radius 3 is 2.82 bits per heavy atom. The fraction of sp³-hybridized carbons (Fsp3) is 0.429. The molecule has 0 spiro atoms. The lowest BCUT2D eigenvalue weighted by molar-refractivity contribution is 0.887. The van der Waals surface area contributed by atoms with Crippen LogP contribution in [-0.2, 0) is 0 Å². The van der Waals surface area contributed by atoms with Gasteiger partial charge in [0.15, 0.2) is 5.82 Å². The number of hydrogen-bond donors (Lipinski definition) is 2. The van der Waals surface area contributed by atoms with Crippen LogP contribution in [0.1, 0.15) is 13.8 Å². The van der Waals surface area contributed by atoms with Gasteiger partial charge >= 0.3 is 0 Å². The van der Waals surface area contributed by atoms with E-state index in [-0.39, 0.29) is 0 Å². The first-order valence-corrected chi connectivity index (χ1v) is 3.52. The molecule has 0 amide bonds. The number of aromatic nitrogens is 2. The second-order valence-corrected chi connectivity index (χ2v) is 2.63. The minimum Gasteiger partial charge on any atom is -0.394 e. The minimum atomic E-state index is 0.340. The van der Waals surface area contributed by atoms with Gasteiger partial charge in [0, 0.05) is 6.04 Å². The van der Waals surface area contributed by atoms with Crippen molar-refractivity contribution in [2.45, 2.75) is 19.9 Å². The van der Waals surface area contributed by atoms with E-state index in [2.05, 4.69) is 15.3 Å². The van der Waals surface area contributed by atoms with Crippen LogP contribution in [0.25, 0.3) is 0 Å². The lowest BCUT2D eigenvalue weighted by Gasteiger charge is -2.09. The number of rotatable bonds is 2. The Balaban J connectivity index is 2.78. The van der Waals surface area contributed by atoms with Gasteiger partial charge in [-0.3, -0.25) is 0 Å². The normalized spacial score (nSPS) is 10.1. The molecule has 0 saturated heterocycles. The van der Waals surface area contributed by atoms with Gasteiger partial charge in [0.25, 0.3) is 0 Å². The monoisotopic (exact) mass is 152 g/mol. The fourth-order valence-electron chi connectivity index (χ4n) is 0.734. The van der Waals surface area contributed by atoms with E-state index in [1.807, 2.05) is 13.8 Å². The molecule has 0 atom stereocenters. The number of nitrogens with two attached hydrogens (primary N) is 1. The summed E-state index contributed by atoms with van der Waals surface area (Å²) in [5.74, 6) is 0.704. The standard InChI is InChI=1S/C7H12N4/c1-5(2)11-7-6(8)3-9-4-10-7/h3-5H,8H2,1-2H3,(H,9,10,11). The van der Waals surface area contributed by atoms with Crippen molar-refractivity contribution in [2.24, 2.45) is 0 Å². The van der Waals surface area contributed by atoms with Gasteiger partial charge in [0.1, 0.15) is 6.33 Å². The van der Waals surface area contributed by atoms with Crippen LogP contribution in [0.5, 0.6) is 0 Å². The van der Waals surface area contributed by atoms with E-state index in [0.29, 0.717) is 17.5 Å². The third kappa shape index (κ3) is 2.07. The molecule has 60 valence electrons. The van der Waals surface area contributed by atoms with E-state index in [0.717, 1.165) is 0 Å². The molecule has 0 fully saturated rings. The highest BCUT2D eigenvalue weighted by atomic mass is 15.0. The van der Waals surface area contributed by atoms with Gasteiger partial charge in [-0.2, -0.15) is 0 Å². The zero-order valence-corrected chi connectivity index (χ0v) is 6.70. The first kappa shape index (κ1) is 7.78. The topological polar surface area (TPSA) is 63.8 Å². The Morgan fingerprint density at radius 1 is 1.55 bits per heavy atom. The maximum Gasteiger partial charge on any atom is 0.152 e. The number of nitrogens with zero attached hydrogens (tertiary/aromatic N) is 2. The minimum absolute atomic E-state index is 0.340. The van der Waals surface area contributed by atoms with Crippen molar-refractivity contribution in [3.63, 3.8) is 0 Å². The van der Waals surface area contributed by atoms with Gasteiger partial charge in [-0.15, -0.1) is 0 Å². The number of nitrogen functional groups attached to an aromatic ring is 1. The van der Waals surface area contributed by atoms with E-state index < -0.39 is 0 Å². The van der Waals surface area contributed by atoms with Crippen molar-refractivity contribution in [3.8, 4) is 0 Å². The highest BCUT2D eigenvalue weighted by Crippen LogP contribution is 2.11. The molecule has 0 aliphatic rings. The van der Waals surface area contributed by atoms with Crippen molar-refractivity contribution in [1.29, 1.82) is 0 Å². The van der Waals surface area contributed by atoms with Gasteiger partial charge in [-0.05, 0) is 13.8 Å². The Hall–Kier alpha value is -1.32. The maximum absolute atomic E-state index is 5.58. The average Bonchev–Trinajstić information content (AvgIpc) is 1.93. The average molecular weight is 152 g/mol. The lowest BCUT2D eigenvalue weighted by Crippen LogP contribution is -2.12. The van der Waals surface area contributed by atoms with Crippen molar-refractivity contribution in [2.75, 3.05) is 11.1 Å². The predicted octanol–water partition coefficient (Wildman–Crippen LogP) is 0.879. The van der Waals surface area contributed by atoms with Crippen LogP contribution in [0.2, 0.25) is 0 Å². The molecular weight excluding hydrogens is 140 g/mol. The number of anilines is 2. The molecule has 4 nitrogen and oxygen atoms in total. The van der Waals surface area contributed by atoms with Crippen LogP contribution >= 0.6 is 0 Å². The lowest BCUT2D eigenvalue weighted by atomic mass is 10.4. The summed E-state index contributed by atoms with van der Waals surface area (Å²) >= 11 is 0. The van der Waals surface area contributed by atoms with Gasteiger partial charge in [0.2, 0.25) is 0 Å². The highest BCUT2D eigenvalue weighted by Gasteiger charge is 1.99. The van der Waals surface area contributed by atoms with E-state index in [1.54, 1.807) is 6.20 Å². The third-order valence-electron chi connectivity index (χ3n) is 1.17. The summed E-state index contributed by atoms with van der Waals surface area (Å²) in [6, 6.07) is 0.340. The van der Waals surface area contributed by atoms with Gasteiger partial charge < -0.3 is 11.1 Å². The first-order chi connectivity index (χ1) is 5.20. The largest absolute Gasteiger partial charge is 0.394 e. The highest BCUT2D eigenvalue weighted by molar-refractivity contribution is 5.59. The fourth-order valence-corrected chi connectivity index (χ4v) is 0.734. The molecule has 1 heterocycles. The zero-order valence-electron chi connectivity index (χ0n) is 6.70. The second kappa shape index (κ2) is 3.18. The number of nitrogens with one attached hydrogen (secondary N) is 1. The van der Waals surface area contributed by atoms with E-state index in [9.17, 15) is 0 Å². The van der Waals surface area contributed by atoms with Crippen LogP contribution < -0.4 is 11.1 Å². The van der Waals surface area contributed by atoms with Crippen LogP contribution in [0, 0.1) is 0 Å². The molecular formula is C7H12N4. The Morgan fingerprint density at radius 2 is 2.27 bits per heavy atom. The zero-order chi connectivity index (χ0) is 8.27. The third-order valence-corrected chi connectivity index (χ3v) is 1.17. The molecule has 0 radical (unpaired) electrons. The maximum atomic E-state index is 5.58. The molecule has 0 saturated carbocycles. The second-order valence-electron chi connectivity index (χ2n) is 2.63. The first-order valence-electron chi connectivity index (χ1n) is 3.52. The molecule has 0 bridgehead atoms.